The molecule has 0 aliphatic carbocycles. The first kappa shape index (κ1) is 15.4. The van der Waals surface area contributed by atoms with Gasteiger partial charge in [-0.2, -0.15) is 0 Å². The third-order valence-corrected chi connectivity index (χ3v) is 3.77. The van der Waals surface area contributed by atoms with E-state index in [1.54, 1.807) is 32.3 Å². The van der Waals surface area contributed by atoms with E-state index in [2.05, 4.69) is 5.32 Å². The van der Waals surface area contributed by atoms with Crippen molar-refractivity contribution in [1.82, 2.24) is 10.2 Å². The number of anilines is 1. The largest absolute Gasteiger partial charge is 0.334 e. The van der Waals surface area contributed by atoms with E-state index in [1.807, 2.05) is 0 Å². The predicted molar refractivity (Wildman–Crippen MR) is 78.5 cm³/mol. The average molecular weight is 293 g/mol. The Morgan fingerprint density at radius 2 is 2.19 bits per heavy atom. The summed E-state index contributed by atoms with van der Waals surface area (Å²) in [5.74, 6) is -0.728. The van der Waals surface area contributed by atoms with Crippen molar-refractivity contribution in [1.29, 1.82) is 0 Å². The number of rotatable bonds is 5. The molecule has 1 aliphatic heterocycles. The third-order valence-electron chi connectivity index (χ3n) is 3.77. The number of carbonyl (C=O) groups is 2. The molecule has 0 radical (unpaired) electrons. The maximum absolute atomic E-state index is 13.8. The molecule has 6 heteroatoms. The van der Waals surface area contributed by atoms with Gasteiger partial charge < -0.3 is 15.1 Å². The number of carbonyl (C=O) groups excluding carboxylic acids is 2. The van der Waals surface area contributed by atoms with Gasteiger partial charge in [0.15, 0.2) is 0 Å². The molecular weight excluding hydrogens is 273 g/mol. The van der Waals surface area contributed by atoms with E-state index >= 15 is 0 Å². The fourth-order valence-electron chi connectivity index (χ4n) is 2.52. The number of halogens is 1. The fourth-order valence-corrected chi connectivity index (χ4v) is 2.52. The zero-order valence-electron chi connectivity index (χ0n) is 12.3. The SMILES string of the molecule is CNCCC(=O)N(C)C1CCN(c2ccccc2F)C1=O. The van der Waals surface area contributed by atoms with Crippen LogP contribution in [0.5, 0.6) is 0 Å². The van der Waals surface area contributed by atoms with E-state index < -0.39 is 11.9 Å². The highest BCUT2D eigenvalue weighted by molar-refractivity contribution is 6.01. The lowest BCUT2D eigenvalue weighted by Crippen LogP contribution is -2.43. The number of likely N-dealkylation sites (N-methyl/N-ethyl adjacent to an activating group) is 1. The molecule has 1 heterocycles. The standard InChI is InChI=1S/C15H20FN3O2/c1-17-9-7-14(20)18(2)13-8-10-19(15(13)21)12-6-4-3-5-11(12)16/h3-6,13,17H,7-10H2,1-2H3. The Bertz CT molecular complexity index is 535. The molecular formula is C15H20FN3O2. The lowest BCUT2D eigenvalue weighted by Gasteiger charge is -2.24. The van der Waals surface area contributed by atoms with Gasteiger partial charge in [-0.1, -0.05) is 12.1 Å². The fraction of sp³-hybridized carbons (Fsp3) is 0.467. The van der Waals surface area contributed by atoms with Gasteiger partial charge in [-0.3, -0.25) is 9.59 Å². The highest BCUT2D eigenvalue weighted by Crippen LogP contribution is 2.26. The van der Waals surface area contributed by atoms with Gasteiger partial charge >= 0.3 is 0 Å². The van der Waals surface area contributed by atoms with Crippen molar-refractivity contribution in [2.24, 2.45) is 0 Å². The molecule has 1 aliphatic rings. The van der Waals surface area contributed by atoms with Gasteiger partial charge in [0.25, 0.3) is 0 Å². The van der Waals surface area contributed by atoms with Crippen molar-refractivity contribution in [2.75, 3.05) is 32.1 Å². The normalized spacial score (nSPS) is 18.1. The van der Waals surface area contributed by atoms with Gasteiger partial charge in [0.05, 0.1) is 5.69 Å². The number of hydrogen-bond donors (Lipinski definition) is 1. The molecule has 2 rings (SSSR count). The highest BCUT2D eigenvalue weighted by atomic mass is 19.1. The van der Waals surface area contributed by atoms with Crippen LogP contribution in [-0.4, -0.2) is 49.9 Å². The molecule has 2 amide bonds. The van der Waals surface area contributed by atoms with Crippen molar-refractivity contribution in [3.63, 3.8) is 0 Å². The lowest BCUT2D eigenvalue weighted by atomic mass is 10.2. The minimum atomic E-state index is -0.506. The summed E-state index contributed by atoms with van der Waals surface area (Å²) in [5.41, 5.74) is 0.279. The molecule has 1 N–H and O–H groups in total. The first-order valence-corrected chi connectivity index (χ1v) is 7.02. The number of hydrogen-bond acceptors (Lipinski definition) is 3. The smallest absolute Gasteiger partial charge is 0.249 e. The lowest BCUT2D eigenvalue weighted by molar-refractivity contribution is -0.136. The van der Waals surface area contributed by atoms with E-state index in [0.29, 0.717) is 25.9 Å². The Labute approximate surface area is 123 Å². The van der Waals surface area contributed by atoms with Gasteiger partial charge in [-0.05, 0) is 25.6 Å². The first-order chi connectivity index (χ1) is 10.1. The summed E-state index contributed by atoms with van der Waals surface area (Å²) in [7, 11) is 3.40. The molecule has 5 nitrogen and oxygen atoms in total. The van der Waals surface area contributed by atoms with Crippen molar-refractivity contribution in [2.45, 2.75) is 18.9 Å². The Kier molecular flexibility index (Phi) is 4.90. The molecule has 1 atom stereocenters. The maximum atomic E-state index is 13.8. The molecule has 114 valence electrons. The predicted octanol–water partition coefficient (Wildman–Crippen LogP) is 0.999. The van der Waals surface area contributed by atoms with Crippen LogP contribution in [0.2, 0.25) is 0 Å². The molecule has 0 saturated carbocycles. The van der Waals surface area contributed by atoms with Gasteiger partial charge in [0.2, 0.25) is 11.8 Å². The molecule has 1 unspecified atom stereocenters. The third kappa shape index (κ3) is 3.21. The summed E-state index contributed by atoms with van der Waals surface area (Å²) >= 11 is 0. The van der Waals surface area contributed by atoms with Crippen LogP contribution in [-0.2, 0) is 9.59 Å². The summed E-state index contributed by atoms with van der Waals surface area (Å²) in [6.45, 7) is 0.995. The van der Waals surface area contributed by atoms with Crippen molar-refractivity contribution < 1.29 is 14.0 Å². The number of para-hydroxylation sites is 1. The van der Waals surface area contributed by atoms with Crippen molar-refractivity contribution >= 4 is 17.5 Å². The summed E-state index contributed by atoms with van der Waals surface area (Å²) < 4.78 is 13.8. The molecule has 1 fully saturated rings. The average Bonchev–Trinajstić information content (AvgIpc) is 2.86. The summed E-state index contributed by atoms with van der Waals surface area (Å²) in [6.07, 6.45) is 0.867. The molecule has 1 aromatic rings. The topological polar surface area (TPSA) is 52.7 Å². The zero-order chi connectivity index (χ0) is 15.4. The van der Waals surface area contributed by atoms with Crippen LogP contribution in [0.3, 0.4) is 0 Å². The number of nitrogens with one attached hydrogen (secondary N) is 1. The Morgan fingerprint density at radius 1 is 1.48 bits per heavy atom. The van der Waals surface area contributed by atoms with E-state index in [0.717, 1.165) is 0 Å². The minimum Gasteiger partial charge on any atom is -0.334 e. The van der Waals surface area contributed by atoms with Crippen LogP contribution in [0.1, 0.15) is 12.8 Å². The Balaban J connectivity index is 2.08. The monoisotopic (exact) mass is 293 g/mol. The van der Waals surface area contributed by atoms with E-state index in [4.69, 9.17) is 0 Å². The van der Waals surface area contributed by atoms with Gasteiger partial charge in [-0.15, -0.1) is 0 Å². The maximum Gasteiger partial charge on any atom is 0.249 e. The van der Waals surface area contributed by atoms with Crippen LogP contribution in [0.25, 0.3) is 0 Å². The second-order valence-corrected chi connectivity index (χ2v) is 5.10. The molecule has 0 bridgehead atoms. The van der Waals surface area contributed by atoms with Crippen LogP contribution < -0.4 is 10.2 Å². The molecule has 1 aromatic carbocycles. The number of nitrogens with zero attached hydrogens (tertiary/aromatic N) is 2. The van der Waals surface area contributed by atoms with Gasteiger partial charge in [0.1, 0.15) is 11.9 Å². The first-order valence-electron chi connectivity index (χ1n) is 7.02. The van der Waals surface area contributed by atoms with Crippen LogP contribution >= 0.6 is 0 Å². The van der Waals surface area contributed by atoms with Crippen LogP contribution in [0, 0.1) is 5.82 Å². The van der Waals surface area contributed by atoms with Crippen molar-refractivity contribution in [3.05, 3.63) is 30.1 Å². The van der Waals surface area contributed by atoms with Crippen molar-refractivity contribution in [3.8, 4) is 0 Å². The second kappa shape index (κ2) is 6.67. The molecule has 0 spiro atoms. The van der Waals surface area contributed by atoms with E-state index in [1.165, 1.54) is 15.9 Å². The molecule has 0 aromatic heterocycles. The van der Waals surface area contributed by atoms with E-state index in [-0.39, 0.29) is 17.5 Å². The summed E-state index contributed by atoms with van der Waals surface area (Å²) in [5, 5.41) is 2.90. The summed E-state index contributed by atoms with van der Waals surface area (Å²) in [6, 6.07) is 5.69. The zero-order valence-corrected chi connectivity index (χ0v) is 12.3. The quantitative estimate of drug-likeness (QED) is 0.881. The molecule has 1 saturated heterocycles. The summed E-state index contributed by atoms with van der Waals surface area (Å²) in [4.78, 5) is 27.3. The number of amides is 2. The van der Waals surface area contributed by atoms with Gasteiger partial charge in [0, 0.05) is 26.6 Å². The van der Waals surface area contributed by atoms with Gasteiger partial charge in [-0.25, -0.2) is 4.39 Å². The van der Waals surface area contributed by atoms with E-state index in [9.17, 15) is 14.0 Å². The highest BCUT2D eigenvalue weighted by Gasteiger charge is 2.37. The minimum absolute atomic E-state index is 0.0851. The van der Waals surface area contributed by atoms with Crippen LogP contribution in [0.15, 0.2) is 24.3 Å². The molecule has 21 heavy (non-hydrogen) atoms. The van der Waals surface area contributed by atoms with Crippen LogP contribution in [0.4, 0.5) is 10.1 Å². The Hall–Kier alpha value is -1.95. The number of benzene rings is 1. The second-order valence-electron chi connectivity index (χ2n) is 5.10. The Morgan fingerprint density at radius 3 is 2.86 bits per heavy atom.